The normalized spacial score (nSPS) is 11.0. The van der Waals surface area contributed by atoms with Crippen LogP contribution in [0.5, 0.6) is 5.75 Å². The molecule has 4 aromatic rings. The lowest BCUT2D eigenvalue weighted by Crippen LogP contribution is -2.14. The van der Waals surface area contributed by atoms with Crippen LogP contribution in [0.3, 0.4) is 0 Å². The van der Waals surface area contributed by atoms with E-state index in [1.54, 1.807) is 7.11 Å². The van der Waals surface area contributed by atoms with Crippen LogP contribution >= 0.6 is 15.9 Å². The molecule has 1 N–H and O–H groups in total. The van der Waals surface area contributed by atoms with Crippen LogP contribution in [0, 0.1) is 27.7 Å². The predicted molar refractivity (Wildman–Crippen MR) is 137 cm³/mol. The van der Waals surface area contributed by atoms with Gasteiger partial charge in [-0.25, -0.2) is 0 Å². The third kappa shape index (κ3) is 4.92. The van der Waals surface area contributed by atoms with E-state index in [0.717, 1.165) is 49.8 Å². The van der Waals surface area contributed by atoms with Crippen LogP contribution in [0.4, 0.5) is 5.69 Å². The number of methoxy groups -OCH3 is 1. The van der Waals surface area contributed by atoms with Crippen LogP contribution in [0.25, 0.3) is 0 Å². The fourth-order valence-electron chi connectivity index (χ4n) is 3.97. The average molecular weight is 522 g/mol. The van der Waals surface area contributed by atoms with E-state index in [9.17, 15) is 4.79 Å². The summed E-state index contributed by atoms with van der Waals surface area (Å²) in [6.45, 7) is 9.05. The molecule has 0 saturated heterocycles. The number of ether oxygens (including phenoxy) is 1. The van der Waals surface area contributed by atoms with Gasteiger partial charge in [0.2, 0.25) is 0 Å². The monoisotopic (exact) mass is 521 g/mol. The van der Waals surface area contributed by atoms with Crippen molar-refractivity contribution in [3.8, 4) is 5.75 Å². The first-order valence-corrected chi connectivity index (χ1v) is 11.8. The molecule has 1 amide bonds. The first-order valence-electron chi connectivity index (χ1n) is 11.0. The van der Waals surface area contributed by atoms with E-state index >= 15 is 0 Å². The van der Waals surface area contributed by atoms with Crippen LogP contribution in [0.15, 0.2) is 53.0 Å². The Balaban J connectivity index is 1.51. The lowest BCUT2D eigenvalue weighted by molar-refractivity contribution is 0.102. The Hall–Kier alpha value is -3.39. The van der Waals surface area contributed by atoms with E-state index in [-0.39, 0.29) is 5.91 Å². The number of benzene rings is 2. The minimum absolute atomic E-state index is 0.163. The predicted octanol–water partition coefficient (Wildman–Crippen LogP) is 5.43. The minimum Gasteiger partial charge on any atom is -0.497 e. The van der Waals surface area contributed by atoms with Crippen molar-refractivity contribution >= 4 is 27.5 Å². The summed E-state index contributed by atoms with van der Waals surface area (Å²) in [6, 6.07) is 15.5. The highest BCUT2D eigenvalue weighted by Crippen LogP contribution is 2.23. The Labute approximate surface area is 207 Å². The van der Waals surface area contributed by atoms with Gasteiger partial charge in [-0.3, -0.25) is 14.2 Å². The number of rotatable bonds is 7. The molecule has 0 unspecified atom stereocenters. The molecule has 2 heterocycles. The smallest absolute Gasteiger partial charge is 0.255 e. The van der Waals surface area contributed by atoms with E-state index in [4.69, 9.17) is 4.74 Å². The van der Waals surface area contributed by atoms with Crippen molar-refractivity contribution in [2.24, 2.45) is 0 Å². The van der Waals surface area contributed by atoms with E-state index in [1.807, 2.05) is 85.6 Å². The Morgan fingerprint density at radius 1 is 0.912 bits per heavy atom. The maximum atomic E-state index is 13.1. The number of hydrogen-bond donors (Lipinski definition) is 1. The van der Waals surface area contributed by atoms with Gasteiger partial charge in [-0.2, -0.15) is 10.2 Å². The highest BCUT2D eigenvalue weighted by Gasteiger charge is 2.16. The first kappa shape index (κ1) is 23.8. The molecule has 176 valence electrons. The molecule has 0 aliphatic heterocycles. The lowest BCUT2D eigenvalue weighted by Gasteiger charge is -2.10. The van der Waals surface area contributed by atoms with Gasteiger partial charge in [0, 0.05) is 5.56 Å². The largest absolute Gasteiger partial charge is 0.497 e. The summed E-state index contributed by atoms with van der Waals surface area (Å²) in [4.78, 5) is 13.1. The number of hydrogen-bond acceptors (Lipinski definition) is 4. The second-order valence-corrected chi connectivity index (χ2v) is 9.14. The second-order valence-electron chi connectivity index (χ2n) is 8.35. The lowest BCUT2D eigenvalue weighted by atomic mass is 10.1. The maximum Gasteiger partial charge on any atom is 0.255 e. The molecule has 8 heteroatoms. The van der Waals surface area contributed by atoms with E-state index in [1.165, 1.54) is 0 Å². The summed E-state index contributed by atoms with van der Waals surface area (Å²) < 4.78 is 10.2. The van der Waals surface area contributed by atoms with Crippen molar-refractivity contribution in [1.29, 1.82) is 0 Å². The molecule has 0 spiro atoms. The van der Waals surface area contributed by atoms with Crippen LogP contribution in [0.2, 0.25) is 0 Å². The van der Waals surface area contributed by atoms with Gasteiger partial charge >= 0.3 is 0 Å². The first-order chi connectivity index (χ1) is 16.3. The maximum absolute atomic E-state index is 13.1. The van der Waals surface area contributed by atoms with Crippen LogP contribution in [0.1, 0.15) is 44.3 Å². The fraction of sp³-hybridized carbons (Fsp3) is 0.269. The van der Waals surface area contributed by atoms with Gasteiger partial charge in [0.25, 0.3) is 5.91 Å². The van der Waals surface area contributed by atoms with Gasteiger partial charge in [-0.1, -0.05) is 24.3 Å². The number of aromatic nitrogens is 4. The van der Waals surface area contributed by atoms with Gasteiger partial charge in [-0.05, 0) is 79.0 Å². The van der Waals surface area contributed by atoms with Gasteiger partial charge in [0.1, 0.15) is 5.75 Å². The zero-order valence-electron chi connectivity index (χ0n) is 20.0. The Kier molecular flexibility index (Phi) is 6.88. The standard InChI is InChI=1S/C26H28BrN5O2/c1-16-24(27)18(3)31(29-16)14-20-8-6-10-22(12-20)26(33)28-25-17(2)30-32(19(25)4)15-21-9-7-11-23(13-21)34-5/h6-13H,14-15H2,1-5H3,(H,28,33). The molecule has 0 bridgehead atoms. The van der Waals surface area contributed by atoms with Crippen LogP contribution in [-0.4, -0.2) is 32.6 Å². The highest BCUT2D eigenvalue weighted by atomic mass is 79.9. The van der Waals surface area contributed by atoms with Crippen LogP contribution in [-0.2, 0) is 13.1 Å². The zero-order chi connectivity index (χ0) is 24.4. The molecule has 2 aromatic carbocycles. The molecule has 0 saturated carbocycles. The topological polar surface area (TPSA) is 74.0 Å². The average Bonchev–Trinajstić information content (AvgIpc) is 3.23. The van der Waals surface area contributed by atoms with E-state index in [2.05, 4.69) is 31.4 Å². The Morgan fingerprint density at radius 3 is 2.18 bits per heavy atom. The van der Waals surface area contributed by atoms with Crippen molar-refractivity contribution in [3.63, 3.8) is 0 Å². The summed E-state index contributed by atoms with van der Waals surface area (Å²) in [7, 11) is 1.65. The molecule has 0 atom stereocenters. The van der Waals surface area contributed by atoms with Crippen molar-refractivity contribution in [1.82, 2.24) is 19.6 Å². The van der Waals surface area contributed by atoms with Gasteiger partial charge in [0.15, 0.2) is 0 Å². The fourth-order valence-corrected chi connectivity index (χ4v) is 4.26. The molecule has 2 aromatic heterocycles. The number of nitrogens with one attached hydrogen (secondary N) is 1. The number of carbonyl (C=O) groups is 1. The summed E-state index contributed by atoms with van der Waals surface area (Å²) in [5, 5.41) is 12.3. The number of carbonyl (C=O) groups excluding carboxylic acids is 1. The van der Waals surface area contributed by atoms with Gasteiger partial charge < -0.3 is 10.1 Å². The second kappa shape index (κ2) is 9.85. The summed E-state index contributed by atoms with van der Waals surface area (Å²) in [5.74, 6) is 0.642. The SMILES string of the molecule is COc1cccc(Cn2nc(C)c(NC(=O)c3cccc(Cn4nc(C)c(Br)c4C)c3)c2C)c1. The summed E-state index contributed by atoms with van der Waals surface area (Å²) >= 11 is 3.57. The molecule has 7 nitrogen and oxygen atoms in total. The highest BCUT2D eigenvalue weighted by molar-refractivity contribution is 9.10. The molecular formula is C26H28BrN5O2. The quantitative estimate of drug-likeness (QED) is 0.351. The number of halogens is 1. The molecule has 0 radical (unpaired) electrons. The van der Waals surface area contributed by atoms with Crippen molar-refractivity contribution in [2.45, 2.75) is 40.8 Å². The van der Waals surface area contributed by atoms with Crippen molar-refractivity contribution in [3.05, 3.63) is 92.5 Å². The zero-order valence-corrected chi connectivity index (χ0v) is 21.6. The Bertz CT molecular complexity index is 1360. The van der Waals surface area contributed by atoms with Gasteiger partial charge in [0.05, 0.1) is 53.1 Å². The molecule has 34 heavy (non-hydrogen) atoms. The Morgan fingerprint density at radius 2 is 1.53 bits per heavy atom. The van der Waals surface area contributed by atoms with E-state index in [0.29, 0.717) is 18.7 Å². The third-order valence-corrected chi connectivity index (χ3v) is 7.05. The van der Waals surface area contributed by atoms with E-state index < -0.39 is 0 Å². The van der Waals surface area contributed by atoms with Crippen LogP contribution < -0.4 is 10.1 Å². The number of amides is 1. The summed E-state index contributed by atoms with van der Waals surface area (Å²) in [6.07, 6.45) is 0. The third-order valence-electron chi connectivity index (χ3n) is 5.90. The number of aryl methyl sites for hydroxylation is 2. The molecule has 0 aliphatic rings. The number of nitrogens with zero attached hydrogens (tertiary/aromatic N) is 4. The minimum atomic E-state index is -0.163. The summed E-state index contributed by atoms with van der Waals surface area (Å²) in [5.41, 5.74) is 7.09. The van der Waals surface area contributed by atoms with Gasteiger partial charge in [-0.15, -0.1) is 0 Å². The molecular weight excluding hydrogens is 494 g/mol. The number of anilines is 1. The molecule has 4 rings (SSSR count). The van der Waals surface area contributed by atoms with Crippen molar-refractivity contribution < 1.29 is 9.53 Å². The molecule has 0 aliphatic carbocycles. The van der Waals surface area contributed by atoms with Crippen molar-refractivity contribution in [2.75, 3.05) is 12.4 Å². The molecule has 0 fully saturated rings.